The number of nitrogens with one attached hydrogen (secondary N) is 1. The largest absolute Gasteiger partial charge is 0.355 e. The van der Waals surface area contributed by atoms with Crippen molar-refractivity contribution in [1.82, 2.24) is 14.8 Å². The van der Waals surface area contributed by atoms with E-state index in [1.54, 1.807) is 0 Å². The van der Waals surface area contributed by atoms with Crippen molar-refractivity contribution in [3.63, 3.8) is 0 Å². The molecule has 0 aliphatic heterocycles. The summed E-state index contributed by atoms with van der Waals surface area (Å²) in [6.45, 7) is 6.05. The van der Waals surface area contributed by atoms with Crippen LogP contribution in [-0.2, 0) is 19.4 Å². The third-order valence-electron chi connectivity index (χ3n) is 4.14. The highest BCUT2D eigenvalue weighted by Crippen LogP contribution is 2.32. The normalized spacial score (nSPS) is 17.8. The number of fused-ring (bicyclic) bond motifs is 1. The first kappa shape index (κ1) is 13.2. The number of hydrogen-bond donors (Lipinski definition) is 1. The van der Waals surface area contributed by atoms with Crippen LogP contribution in [0.5, 0.6) is 0 Å². The van der Waals surface area contributed by atoms with Crippen LogP contribution in [0.1, 0.15) is 43.1 Å². The van der Waals surface area contributed by atoms with Crippen LogP contribution in [0.4, 0.5) is 5.95 Å². The first-order valence-corrected chi connectivity index (χ1v) is 7.57. The topological polar surface area (TPSA) is 42.7 Å². The summed E-state index contributed by atoms with van der Waals surface area (Å²) in [6.07, 6.45) is 3.40. The Balaban J connectivity index is 1.88. The van der Waals surface area contributed by atoms with Gasteiger partial charge in [0.1, 0.15) is 5.82 Å². The minimum Gasteiger partial charge on any atom is -0.355 e. The van der Waals surface area contributed by atoms with E-state index in [1.165, 1.54) is 17.5 Å². The van der Waals surface area contributed by atoms with Gasteiger partial charge < -0.3 is 5.32 Å². The fourth-order valence-electron chi connectivity index (χ4n) is 3.14. The molecule has 4 heteroatoms. The zero-order valence-electron chi connectivity index (χ0n) is 12.3. The van der Waals surface area contributed by atoms with E-state index < -0.39 is 0 Å². The summed E-state index contributed by atoms with van der Waals surface area (Å²) in [4.78, 5) is 0. The molecule has 1 aliphatic rings. The van der Waals surface area contributed by atoms with Gasteiger partial charge in [-0.25, -0.2) is 0 Å². The number of benzene rings is 1. The van der Waals surface area contributed by atoms with Crippen LogP contribution >= 0.6 is 0 Å². The summed E-state index contributed by atoms with van der Waals surface area (Å²) in [6, 6.07) is 8.77. The average Bonchev–Trinajstić information content (AvgIpc) is 2.90. The number of hydrogen-bond acceptors (Lipinski definition) is 3. The maximum Gasteiger partial charge on any atom is 0.224 e. The first-order chi connectivity index (χ1) is 9.83. The molecule has 0 saturated carbocycles. The smallest absolute Gasteiger partial charge is 0.224 e. The van der Waals surface area contributed by atoms with Gasteiger partial charge in [0.25, 0.3) is 0 Å². The van der Waals surface area contributed by atoms with Crippen LogP contribution in [0.3, 0.4) is 0 Å². The Hall–Kier alpha value is -1.84. The van der Waals surface area contributed by atoms with Gasteiger partial charge in [0, 0.05) is 19.0 Å². The summed E-state index contributed by atoms with van der Waals surface area (Å²) in [7, 11) is 0. The van der Waals surface area contributed by atoms with Crippen molar-refractivity contribution in [3.8, 4) is 0 Å². The maximum absolute atomic E-state index is 4.45. The molecule has 2 aromatic rings. The summed E-state index contributed by atoms with van der Waals surface area (Å²) >= 11 is 0. The van der Waals surface area contributed by atoms with Crippen molar-refractivity contribution in [3.05, 3.63) is 41.2 Å². The first-order valence-electron chi connectivity index (χ1n) is 7.57. The lowest BCUT2D eigenvalue weighted by molar-refractivity contribution is 0.524. The Morgan fingerprint density at radius 3 is 2.75 bits per heavy atom. The highest BCUT2D eigenvalue weighted by atomic mass is 15.3. The van der Waals surface area contributed by atoms with Gasteiger partial charge in [0.05, 0.1) is 0 Å². The molecule has 4 nitrogen and oxygen atoms in total. The van der Waals surface area contributed by atoms with Crippen LogP contribution in [0.15, 0.2) is 24.3 Å². The lowest BCUT2D eigenvalue weighted by atomic mass is 9.83. The number of aryl methyl sites for hydroxylation is 1. The van der Waals surface area contributed by atoms with Crippen LogP contribution < -0.4 is 5.32 Å². The van der Waals surface area contributed by atoms with Crippen LogP contribution in [-0.4, -0.2) is 21.3 Å². The molecule has 1 aliphatic carbocycles. The highest BCUT2D eigenvalue weighted by Gasteiger charge is 2.25. The van der Waals surface area contributed by atoms with Gasteiger partial charge in [0.15, 0.2) is 0 Å². The molecule has 106 valence electrons. The molecule has 1 aromatic carbocycles. The molecule has 1 N–H and O–H groups in total. The molecular formula is C16H22N4. The van der Waals surface area contributed by atoms with Crippen molar-refractivity contribution >= 4 is 5.95 Å². The molecule has 20 heavy (non-hydrogen) atoms. The number of aromatic nitrogens is 3. The van der Waals surface area contributed by atoms with E-state index in [4.69, 9.17) is 0 Å². The van der Waals surface area contributed by atoms with E-state index in [0.717, 1.165) is 37.7 Å². The van der Waals surface area contributed by atoms with Crippen LogP contribution in [0, 0.1) is 0 Å². The monoisotopic (exact) mass is 270 g/mol. The quantitative estimate of drug-likeness (QED) is 0.928. The van der Waals surface area contributed by atoms with E-state index in [0.29, 0.717) is 5.92 Å². The predicted molar refractivity (Wildman–Crippen MR) is 81.1 cm³/mol. The molecule has 1 heterocycles. The van der Waals surface area contributed by atoms with Gasteiger partial charge in [-0.3, -0.25) is 4.57 Å². The van der Waals surface area contributed by atoms with Crippen molar-refractivity contribution < 1.29 is 0 Å². The van der Waals surface area contributed by atoms with E-state index in [9.17, 15) is 0 Å². The number of rotatable bonds is 4. The minimum absolute atomic E-state index is 0.491. The van der Waals surface area contributed by atoms with E-state index in [-0.39, 0.29) is 0 Å². The highest BCUT2D eigenvalue weighted by molar-refractivity contribution is 5.33. The third-order valence-corrected chi connectivity index (χ3v) is 4.14. The fourth-order valence-corrected chi connectivity index (χ4v) is 3.14. The molecule has 0 amide bonds. The van der Waals surface area contributed by atoms with Gasteiger partial charge in [-0.05, 0) is 44.2 Å². The van der Waals surface area contributed by atoms with Crippen molar-refractivity contribution in [2.45, 2.75) is 45.6 Å². The molecule has 1 aromatic heterocycles. The van der Waals surface area contributed by atoms with Gasteiger partial charge in [0.2, 0.25) is 5.95 Å². The van der Waals surface area contributed by atoms with Crippen LogP contribution in [0.2, 0.25) is 0 Å². The standard InChI is InChI=1S/C16H22N4/c1-3-17-16-19-18-15(20(16)4-2)14-10-9-12-7-5-6-8-13(12)11-14/h5-8,14H,3-4,9-11H2,1-2H3,(H,17,19). The number of anilines is 1. The Bertz CT molecular complexity index is 588. The molecule has 0 spiro atoms. The Morgan fingerprint density at radius 1 is 1.20 bits per heavy atom. The van der Waals surface area contributed by atoms with Crippen molar-refractivity contribution in [2.75, 3.05) is 11.9 Å². The number of nitrogens with zero attached hydrogens (tertiary/aromatic N) is 3. The molecule has 1 unspecified atom stereocenters. The SMILES string of the molecule is CCNc1nnc(C2CCc3ccccc3C2)n1CC. The Morgan fingerprint density at radius 2 is 2.00 bits per heavy atom. The zero-order chi connectivity index (χ0) is 13.9. The van der Waals surface area contributed by atoms with Gasteiger partial charge in [-0.2, -0.15) is 0 Å². The minimum atomic E-state index is 0.491. The zero-order valence-corrected chi connectivity index (χ0v) is 12.3. The van der Waals surface area contributed by atoms with Gasteiger partial charge in [-0.15, -0.1) is 10.2 Å². The van der Waals surface area contributed by atoms with E-state index in [2.05, 4.69) is 58.2 Å². The van der Waals surface area contributed by atoms with E-state index >= 15 is 0 Å². The molecule has 0 radical (unpaired) electrons. The molecular weight excluding hydrogens is 248 g/mol. The second-order valence-electron chi connectivity index (χ2n) is 5.36. The second kappa shape index (κ2) is 5.65. The predicted octanol–water partition coefficient (Wildman–Crippen LogP) is 3.00. The molecule has 3 rings (SSSR count). The fraction of sp³-hybridized carbons (Fsp3) is 0.500. The molecule has 0 bridgehead atoms. The Labute approximate surface area is 120 Å². The maximum atomic E-state index is 4.45. The van der Waals surface area contributed by atoms with Crippen molar-refractivity contribution in [2.24, 2.45) is 0 Å². The summed E-state index contributed by atoms with van der Waals surface area (Å²) < 4.78 is 2.22. The average molecular weight is 270 g/mol. The summed E-state index contributed by atoms with van der Waals surface area (Å²) in [5.41, 5.74) is 2.97. The lowest BCUT2D eigenvalue weighted by Crippen LogP contribution is -2.18. The Kier molecular flexibility index (Phi) is 3.72. The van der Waals surface area contributed by atoms with Crippen molar-refractivity contribution in [1.29, 1.82) is 0 Å². The molecule has 1 atom stereocenters. The summed E-state index contributed by atoms with van der Waals surface area (Å²) in [5, 5.41) is 12.1. The van der Waals surface area contributed by atoms with E-state index in [1.807, 2.05) is 0 Å². The third kappa shape index (κ3) is 2.30. The van der Waals surface area contributed by atoms with Gasteiger partial charge in [-0.1, -0.05) is 24.3 Å². The molecule has 0 fully saturated rings. The summed E-state index contributed by atoms with van der Waals surface area (Å²) in [5.74, 6) is 2.53. The van der Waals surface area contributed by atoms with Gasteiger partial charge >= 0.3 is 0 Å². The second-order valence-corrected chi connectivity index (χ2v) is 5.36. The van der Waals surface area contributed by atoms with Crippen LogP contribution in [0.25, 0.3) is 0 Å². The molecule has 0 saturated heterocycles. The lowest BCUT2D eigenvalue weighted by Gasteiger charge is -2.24.